The lowest BCUT2D eigenvalue weighted by atomic mass is 10.2. The molecule has 0 bridgehead atoms. The minimum atomic E-state index is -0.287. The molecule has 2 aromatic rings. The van der Waals surface area contributed by atoms with E-state index in [1.54, 1.807) is 42.5 Å². The van der Waals surface area contributed by atoms with Gasteiger partial charge in [0.15, 0.2) is 0 Å². The zero-order chi connectivity index (χ0) is 14.4. The molecular weight excluding hydrogens is 250 g/mol. The SMILES string of the molecule is N#Cc1ccccc1NC(=O)/C=C/c1ccc(N)cc1. The quantitative estimate of drug-likeness (QED) is 0.660. The Balaban J connectivity index is 2.06. The van der Waals surface area contributed by atoms with Crippen LogP contribution in [0.25, 0.3) is 6.08 Å². The summed E-state index contributed by atoms with van der Waals surface area (Å²) in [6, 6.07) is 16.1. The number of para-hydroxylation sites is 1. The number of amides is 1. The highest BCUT2D eigenvalue weighted by molar-refractivity contribution is 6.02. The highest BCUT2D eigenvalue weighted by Gasteiger charge is 2.02. The van der Waals surface area contributed by atoms with Crippen molar-refractivity contribution in [1.82, 2.24) is 0 Å². The number of nitrogens with one attached hydrogen (secondary N) is 1. The molecule has 1 amide bonds. The molecule has 0 aliphatic heterocycles. The number of hydrogen-bond donors (Lipinski definition) is 2. The van der Waals surface area contributed by atoms with Crippen molar-refractivity contribution in [3.63, 3.8) is 0 Å². The highest BCUT2D eigenvalue weighted by atomic mass is 16.1. The Labute approximate surface area is 117 Å². The van der Waals surface area contributed by atoms with E-state index < -0.39 is 0 Å². The third kappa shape index (κ3) is 3.47. The molecule has 0 aliphatic rings. The van der Waals surface area contributed by atoms with Crippen LogP contribution in [0.4, 0.5) is 11.4 Å². The fourth-order valence-corrected chi connectivity index (χ4v) is 1.64. The van der Waals surface area contributed by atoms with Crippen LogP contribution >= 0.6 is 0 Å². The molecule has 0 spiro atoms. The second-order valence-corrected chi connectivity index (χ2v) is 4.15. The number of nitrogens with zero attached hydrogens (tertiary/aromatic N) is 1. The molecule has 3 N–H and O–H groups in total. The third-order valence-electron chi connectivity index (χ3n) is 2.67. The molecule has 0 aliphatic carbocycles. The zero-order valence-electron chi connectivity index (χ0n) is 10.7. The van der Waals surface area contributed by atoms with Gasteiger partial charge in [0.05, 0.1) is 11.3 Å². The van der Waals surface area contributed by atoms with Gasteiger partial charge in [-0.25, -0.2) is 0 Å². The first-order chi connectivity index (χ1) is 9.69. The van der Waals surface area contributed by atoms with Crippen molar-refractivity contribution in [2.24, 2.45) is 0 Å². The molecule has 0 unspecified atom stereocenters. The van der Waals surface area contributed by atoms with Gasteiger partial charge in [-0.1, -0.05) is 24.3 Å². The molecule has 2 aromatic carbocycles. The summed E-state index contributed by atoms with van der Waals surface area (Å²) < 4.78 is 0. The Morgan fingerprint density at radius 3 is 2.55 bits per heavy atom. The minimum absolute atomic E-state index is 0.287. The monoisotopic (exact) mass is 263 g/mol. The van der Waals surface area contributed by atoms with Gasteiger partial charge in [-0.15, -0.1) is 0 Å². The summed E-state index contributed by atoms with van der Waals surface area (Å²) in [6.07, 6.45) is 3.10. The van der Waals surface area contributed by atoms with Gasteiger partial charge in [0, 0.05) is 11.8 Å². The first kappa shape index (κ1) is 13.4. The average molecular weight is 263 g/mol. The Hall–Kier alpha value is -3.06. The summed E-state index contributed by atoms with van der Waals surface area (Å²) in [5.41, 5.74) is 8.07. The first-order valence-electron chi connectivity index (χ1n) is 6.03. The van der Waals surface area contributed by atoms with Crippen LogP contribution in [-0.2, 0) is 4.79 Å². The van der Waals surface area contributed by atoms with E-state index in [-0.39, 0.29) is 5.91 Å². The van der Waals surface area contributed by atoms with Gasteiger partial charge < -0.3 is 11.1 Å². The molecule has 0 fully saturated rings. The van der Waals surface area contributed by atoms with Crippen molar-refractivity contribution in [1.29, 1.82) is 5.26 Å². The minimum Gasteiger partial charge on any atom is -0.399 e. The van der Waals surface area contributed by atoms with Crippen LogP contribution in [0.15, 0.2) is 54.6 Å². The summed E-state index contributed by atoms with van der Waals surface area (Å²) in [5, 5.41) is 11.6. The maximum atomic E-state index is 11.8. The third-order valence-corrected chi connectivity index (χ3v) is 2.67. The Morgan fingerprint density at radius 2 is 1.85 bits per heavy atom. The molecule has 0 atom stereocenters. The number of anilines is 2. The van der Waals surface area contributed by atoms with E-state index in [2.05, 4.69) is 5.32 Å². The van der Waals surface area contributed by atoms with Gasteiger partial charge in [0.1, 0.15) is 6.07 Å². The Kier molecular flexibility index (Phi) is 4.15. The lowest BCUT2D eigenvalue weighted by molar-refractivity contribution is -0.111. The maximum absolute atomic E-state index is 11.8. The summed E-state index contributed by atoms with van der Waals surface area (Å²) in [5.74, 6) is -0.287. The fourth-order valence-electron chi connectivity index (χ4n) is 1.64. The van der Waals surface area contributed by atoms with Crippen LogP contribution in [0.1, 0.15) is 11.1 Å². The predicted octanol–water partition coefficient (Wildman–Crippen LogP) is 2.79. The number of benzene rings is 2. The van der Waals surface area contributed by atoms with Crippen molar-refractivity contribution >= 4 is 23.4 Å². The van der Waals surface area contributed by atoms with Gasteiger partial charge in [0.25, 0.3) is 0 Å². The topological polar surface area (TPSA) is 78.9 Å². The zero-order valence-corrected chi connectivity index (χ0v) is 10.7. The molecule has 0 saturated heterocycles. The molecule has 0 saturated carbocycles. The fraction of sp³-hybridized carbons (Fsp3) is 0. The van der Waals surface area contributed by atoms with Crippen LogP contribution in [0, 0.1) is 11.3 Å². The van der Waals surface area contributed by atoms with E-state index in [4.69, 9.17) is 11.0 Å². The van der Waals surface area contributed by atoms with Crippen LogP contribution in [0.3, 0.4) is 0 Å². The second-order valence-electron chi connectivity index (χ2n) is 4.15. The van der Waals surface area contributed by atoms with Gasteiger partial charge in [-0.2, -0.15) is 5.26 Å². The van der Waals surface area contributed by atoms with Crippen molar-refractivity contribution in [3.05, 3.63) is 65.7 Å². The molecule has 0 radical (unpaired) electrons. The molecule has 4 nitrogen and oxygen atoms in total. The van der Waals surface area contributed by atoms with Crippen LogP contribution in [0.5, 0.6) is 0 Å². The largest absolute Gasteiger partial charge is 0.399 e. The van der Waals surface area contributed by atoms with E-state index in [0.717, 1.165) is 5.56 Å². The smallest absolute Gasteiger partial charge is 0.248 e. The van der Waals surface area contributed by atoms with E-state index in [0.29, 0.717) is 16.9 Å². The number of nitrogens with two attached hydrogens (primary N) is 1. The van der Waals surface area contributed by atoms with Crippen LogP contribution < -0.4 is 11.1 Å². The van der Waals surface area contributed by atoms with E-state index in [1.807, 2.05) is 18.2 Å². The predicted molar refractivity (Wildman–Crippen MR) is 79.7 cm³/mol. The Morgan fingerprint density at radius 1 is 1.15 bits per heavy atom. The average Bonchev–Trinajstić information content (AvgIpc) is 2.47. The summed E-state index contributed by atoms with van der Waals surface area (Å²) in [4.78, 5) is 11.8. The summed E-state index contributed by atoms with van der Waals surface area (Å²) in [6.45, 7) is 0. The normalized spacial score (nSPS) is 10.2. The van der Waals surface area contributed by atoms with Gasteiger partial charge >= 0.3 is 0 Å². The summed E-state index contributed by atoms with van der Waals surface area (Å²) in [7, 11) is 0. The van der Waals surface area contributed by atoms with Gasteiger partial charge in [-0.05, 0) is 35.9 Å². The molecule has 0 heterocycles. The molecule has 20 heavy (non-hydrogen) atoms. The number of rotatable bonds is 3. The maximum Gasteiger partial charge on any atom is 0.248 e. The van der Waals surface area contributed by atoms with Crippen molar-refractivity contribution in [2.45, 2.75) is 0 Å². The number of nitriles is 1. The molecule has 2 rings (SSSR count). The number of carbonyl (C=O) groups excluding carboxylic acids is 1. The van der Waals surface area contributed by atoms with Crippen molar-refractivity contribution in [3.8, 4) is 6.07 Å². The van der Waals surface area contributed by atoms with Crippen LogP contribution in [0.2, 0.25) is 0 Å². The highest BCUT2D eigenvalue weighted by Crippen LogP contribution is 2.13. The van der Waals surface area contributed by atoms with E-state index in [1.165, 1.54) is 6.08 Å². The van der Waals surface area contributed by atoms with E-state index >= 15 is 0 Å². The number of nitrogen functional groups attached to an aromatic ring is 1. The van der Waals surface area contributed by atoms with Gasteiger partial charge in [-0.3, -0.25) is 4.79 Å². The van der Waals surface area contributed by atoms with Crippen LogP contribution in [-0.4, -0.2) is 5.91 Å². The number of carbonyl (C=O) groups is 1. The number of hydrogen-bond acceptors (Lipinski definition) is 3. The van der Waals surface area contributed by atoms with Crippen molar-refractivity contribution < 1.29 is 4.79 Å². The Bertz CT molecular complexity index is 682. The first-order valence-corrected chi connectivity index (χ1v) is 6.03. The van der Waals surface area contributed by atoms with E-state index in [9.17, 15) is 4.79 Å². The molecular formula is C16H13N3O. The lowest BCUT2D eigenvalue weighted by Gasteiger charge is -2.03. The lowest BCUT2D eigenvalue weighted by Crippen LogP contribution is -2.08. The second kappa shape index (κ2) is 6.21. The van der Waals surface area contributed by atoms with Gasteiger partial charge in [0.2, 0.25) is 5.91 Å². The molecule has 0 aromatic heterocycles. The summed E-state index contributed by atoms with van der Waals surface area (Å²) >= 11 is 0. The standard InChI is InChI=1S/C16H13N3O/c17-11-13-3-1-2-4-15(13)19-16(20)10-7-12-5-8-14(18)9-6-12/h1-10H,18H2,(H,19,20)/b10-7+. The van der Waals surface area contributed by atoms with Crippen molar-refractivity contribution in [2.75, 3.05) is 11.1 Å². The molecule has 98 valence electrons. The molecule has 4 heteroatoms.